The molecule has 0 fully saturated rings. The summed E-state index contributed by atoms with van der Waals surface area (Å²) < 4.78 is 6.11. The van der Waals surface area contributed by atoms with Crippen molar-refractivity contribution in [3.63, 3.8) is 0 Å². The van der Waals surface area contributed by atoms with Crippen LogP contribution in [-0.4, -0.2) is 5.11 Å². The van der Waals surface area contributed by atoms with Crippen LogP contribution >= 0.6 is 0 Å². The minimum absolute atomic E-state index is 0.245. The summed E-state index contributed by atoms with van der Waals surface area (Å²) in [6.07, 6.45) is 0. The van der Waals surface area contributed by atoms with Crippen molar-refractivity contribution >= 4 is 11.0 Å². The van der Waals surface area contributed by atoms with E-state index in [1.54, 1.807) is 0 Å². The molecule has 0 bridgehead atoms. The molecule has 0 amide bonds. The minimum atomic E-state index is -0.365. The van der Waals surface area contributed by atoms with Gasteiger partial charge >= 0.3 is 0 Å². The van der Waals surface area contributed by atoms with Crippen LogP contribution in [0.1, 0.15) is 38.9 Å². The summed E-state index contributed by atoms with van der Waals surface area (Å²) in [5, 5.41) is 11.0. The zero-order valence-corrected chi connectivity index (χ0v) is 15.9. The van der Waals surface area contributed by atoms with Crippen molar-refractivity contribution in [2.75, 3.05) is 0 Å². The molecule has 3 aromatic rings. The van der Waals surface area contributed by atoms with E-state index in [-0.39, 0.29) is 16.9 Å². The summed E-state index contributed by atoms with van der Waals surface area (Å²) in [6.45, 7) is 14.0. The second-order valence-corrected chi connectivity index (χ2v) is 7.05. The van der Waals surface area contributed by atoms with Crippen LogP contribution in [0, 0.1) is 48.5 Å². The zero-order chi connectivity index (χ0) is 18.6. The first kappa shape index (κ1) is 17.3. The minimum Gasteiger partial charge on any atom is -0.502 e. The SMILES string of the molecule is Cc1cc(-c2oc3c(C)c(C)c(C)c(C)c3c(=O)c2O)cc(C)c1C. The maximum absolute atomic E-state index is 12.9. The summed E-state index contributed by atoms with van der Waals surface area (Å²) in [7, 11) is 0. The molecule has 130 valence electrons. The molecule has 1 N–H and O–H groups in total. The topological polar surface area (TPSA) is 50.4 Å². The lowest BCUT2D eigenvalue weighted by molar-refractivity contribution is 0.448. The summed E-state index contributed by atoms with van der Waals surface area (Å²) in [6, 6.07) is 3.91. The van der Waals surface area contributed by atoms with Crippen molar-refractivity contribution in [1.29, 1.82) is 0 Å². The zero-order valence-electron chi connectivity index (χ0n) is 15.9. The van der Waals surface area contributed by atoms with E-state index in [0.717, 1.165) is 38.9 Å². The highest BCUT2D eigenvalue weighted by Gasteiger charge is 2.21. The first-order chi connectivity index (χ1) is 11.6. The quantitative estimate of drug-likeness (QED) is 0.654. The molecule has 0 aliphatic rings. The predicted molar refractivity (Wildman–Crippen MR) is 103 cm³/mol. The number of benzene rings is 2. The Morgan fingerprint density at radius 3 is 1.84 bits per heavy atom. The molecule has 0 spiro atoms. The molecule has 3 heteroatoms. The first-order valence-electron chi connectivity index (χ1n) is 8.49. The van der Waals surface area contributed by atoms with E-state index in [9.17, 15) is 9.90 Å². The molecule has 3 rings (SSSR count). The highest BCUT2D eigenvalue weighted by atomic mass is 16.4. The van der Waals surface area contributed by atoms with Gasteiger partial charge in [0.1, 0.15) is 5.58 Å². The van der Waals surface area contributed by atoms with E-state index >= 15 is 0 Å². The van der Waals surface area contributed by atoms with Crippen LogP contribution in [0.5, 0.6) is 5.75 Å². The Morgan fingerprint density at radius 2 is 1.28 bits per heavy atom. The van der Waals surface area contributed by atoms with Gasteiger partial charge in [0.25, 0.3) is 0 Å². The van der Waals surface area contributed by atoms with Crippen LogP contribution in [0.4, 0.5) is 0 Å². The van der Waals surface area contributed by atoms with Crippen molar-refractivity contribution in [2.24, 2.45) is 0 Å². The second kappa shape index (κ2) is 5.76. The van der Waals surface area contributed by atoms with Gasteiger partial charge in [-0.2, -0.15) is 0 Å². The maximum atomic E-state index is 12.9. The number of fused-ring (bicyclic) bond motifs is 1. The highest BCUT2D eigenvalue weighted by Crippen LogP contribution is 2.35. The Balaban J connectivity index is 2.47. The van der Waals surface area contributed by atoms with Gasteiger partial charge in [0, 0.05) is 5.56 Å². The Kier molecular flexibility index (Phi) is 3.98. The van der Waals surface area contributed by atoms with Crippen molar-refractivity contribution in [2.45, 2.75) is 48.5 Å². The third-order valence-corrected chi connectivity index (χ3v) is 5.68. The van der Waals surface area contributed by atoms with Gasteiger partial charge in [-0.25, -0.2) is 0 Å². The molecule has 0 radical (unpaired) electrons. The third-order valence-electron chi connectivity index (χ3n) is 5.68. The Hall–Kier alpha value is -2.55. The van der Waals surface area contributed by atoms with Gasteiger partial charge in [0.2, 0.25) is 11.2 Å². The fourth-order valence-electron chi connectivity index (χ4n) is 3.41. The molecule has 0 atom stereocenters. The number of hydrogen-bond donors (Lipinski definition) is 1. The molecule has 0 saturated carbocycles. The molecule has 0 aliphatic heterocycles. The molecule has 2 aromatic carbocycles. The van der Waals surface area contributed by atoms with Crippen LogP contribution in [0.2, 0.25) is 0 Å². The molecule has 25 heavy (non-hydrogen) atoms. The first-order valence-corrected chi connectivity index (χ1v) is 8.49. The van der Waals surface area contributed by atoms with E-state index in [1.165, 1.54) is 5.56 Å². The van der Waals surface area contributed by atoms with Gasteiger partial charge in [-0.3, -0.25) is 4.79 Å². The average Bonchev–Trinajstić information content (AvgIpc) is 2.57. The molecule has 1 heterocycles. The highest BCUT2D eigenvalue weighted by molar-refractivity contribution is 5.89. The number of hydrogen-bond acceptors (Lipinski definition) is 3. The lowest BCUT2D eigenvalue weighted by Gasteiger charge is -2.15. The van der Waals surface area contributed by atoms with Crippen LogP contribution < -0.4 is 5.43 Å². The van der Waals surface area contributed by atoms with Gasteiger partial charge in [0.05, 0.1) is 5.39 Å². The largest absolute Gasteiger partial charge is 0.502 e. The smallest absolute Gasteiger partial charge is 0.235 e. The van der Waals surface area contributed by atoms with Gasteiger partial charge in [-0.15, -0.1) is 0 Å². The Morgan fingerprint density at radius 1 is 0.760 bits per heavy atom. The Labute approximate surface area is 147 Å². The van der Waals surface area contributed by atoms with Crippen molar-refractivity contribution in [3.8, 4) is 17.1 Å². The Bertz CT molecular complexity index is 1060. The number of aryl methyl sites for hydroxylation is 4. The predicted octanol–water partition coefficient (Wildman–Crippen LogP) is 5.32. The monoisotopic (exact) mass is 336 g/mol. The number of rotatable bonds is 1. The molecule has 1 aromatic heterocycles. The standard InChI is InChI=1S/C22H24O3/c1-10-8-17(9-11(2)12(10)3)22-20(24)19(23)18-15(6)13(4)14(5)16(7)21(18)25-22/h8-9,24H,1-7H3. The van der Waals surface area contributed by atoms with E-state index < -0.39 is 0 Å². The van der Waals surface area contributed by atoms with Crippen LogP contribution in [0.15, 0.2) is 21.3 Å². The molecular formula is C22H24O3. The fraction of sp³-hybridized carbons (Fsp3) is 0.318. The van der Waals surface area contributed by atoms with Gasteiger partial charge in [-0.1, -0.05) is 0 Å². The second-order valence-electron chi connectivity index (χ2n) is 7.05. The van der Waals surface area contributed by atoms with Crippen LogP contribution in [0.3, 0.4) is 0 Å². The molecule has 0 aliphatic carbocycles. The van der Waals surface area contributed by atoms with Gasteiger partial charge < -0.3 is 9.52 Å². The normalized spacial score (nSPS) is 11.3. The van der Waals surface area contributed by atoms with E-state index in [4.69, 9.17) is 4.42 Å². The van der Waals surface area contributed by atoms with E-state index in [1.807, 2.05) is 53.7 Å². The van der Waals surface area contributed by atoms with Crippen LogP contribution in [-0.2, 0) is 0 Å². The van der Waals surface area contributed by atoms with Gasteiger partial charge in [0.15, 0.2) is 5.76 Å². The average molecular weight is 336 g/mol. The molecule has 3 nitrogen and oxygen atoms in total. The van der Waals surface area contributed by atoms with Crippen molar-refractivity contribution in [3.05, 3.63) is 61.3 Å². The summed E-state index contributed by atoms with van der Waals surface area (Å²) >= 11 is 0. The van der Waals surface area contributed by atoms with Gasteiger partial charge in [-0.05, 0) is 99.5 Å². The summed E-state index contributed by atoms with van der Waals surface area (Å²) in [5.41, 5.74) is 8.31. The summed E-state index contributed by atoms with van der Waals surface area (Å²) in [5.74, 6) is -0.0737. The fourth-order valence-corrected chi connectivity index (χ4v) is 3.41. The number of aromatic hydroxyl groups is 1. The van der Waals surface area contributed by atoms with E-state index in [0.29, 0.717) is 11.0 Å². The molecule has 0 unspecified atom stereocenters. The van der Waals surface area contributed by atoms with Crippen molar-refractivity contribution < 1.29 is 9.52 Å². The molecular weight excluding hydrogens is 312 g/mol. The lowest BCUT2D eigenvalue weighted by atomic mass is 9.94. The van der Waals surface area contributed by atoms with E-state index in [2.05, 4.69) is 6.92 Å². The van der Waals surface area contributed by atoms with Crippen molar-refractivity contribution in [1.82, 2.24) is 0 Å². The molecule has 0 saturated heterocycles. The lowest BCUT2D eigenvalue weighted by Crippen LogP contribution is -2.08. The van der Waals surface area contributed by atoms with Crippen LogP contribution in [0.25, 0.3) is 22.3 Å². The maximum Gasteiger partial charge on any atom is 0.235 e. The third kappa shape index (κ3) is 2.46. The summed E-state index contributed by atoms with van der Waals surface area (Å²) in [4.78, 5) is 12.9.